The van der Waals surface area contributed by atoms with Gasteiger partial charge in [0, 0.05) is 39.2 Å². The van der Waals surface area contributed by atoms with E-state index < -0.39 is 5.54 Å². The van der Waals surface area contributed by atoms with Crippen LogP contribution in [0.15, 0.2) is 0 Å². The summed E-state index contributed by atoms with van der Waals surface area (Å²) in [5.74, 6) is -0.0844. The van der Waals surface area contributed by atoms with Gasteiger partial charge in [-0.25, -0.2) is 0 Å². The van der Waals surface area contributed by atoms with E-state index in [0.29, 0.717) is 6.61 Å². The van der Waals surface area contributed by atoms with Crippen LogP contribution < -0.4 is 5.32 Å². The lowest BCUT2D eigenvalue weighted by Crippen LogP contribution is -2.63. The highest BCUT2D eigenvalue weighted by atomic mass is 16.5. The van der Waals surface area contributed by atoms with Crippen molar-refractivity contribution in [1.29, 1.82) is 0 Å². The highest BCUT2D eigenvalue weighted by molar-refractivity contribution is 5.81. The fourth-order valence-corrected chi connectivity index (χ4v) is 3.32. The number of nitrogens with zero attached hydrogens (tertiary/aromatic N) is 1. The van der Waals surface area contributed by atoms with E-state index in [2.05, 4.69) is 17.1 Å². The van der Waals surface area contributed by atoms with Crippen molar-refractivity contribution < 1.29 is 14.3 Å². The molecule has 0 amide bonds. The topological polar surface area (TPSA) is 50.8 Å². The Morgan fingerprint density at radius 2 is 2.21 bits per heavy atom. The van der Waals surface area contributed by atoms with Crippen molar-refractivity contribution in [2.24, 2.45) is 0 Å². The Balaban J connectivity index is 2.15. The number of carbonyl (C=O) groups excluding carboxylic acids is 1. The number of ether oxygens (including phenoxy) is 2. The summed E-state index contributed by atoms with van der Waals surface area (Å²) >= 11 is 0. The lowest BCUT2D eigenvalue weighted by molar-refractivity contribution is -0.168. The maximum absolute atomic E-state index is 12.4. The minimum atomic E-state index is -0.463. The number of hydrogen-bond donors (Lipinski definition) is 1. The zero-order valence-electron chi connectivity index (χ0n) is 12.1. The van der Waals surface area contributed by atoms with E-state index in [1.165, 1.54) is 7.11 Å². The van der Waals surface area contributed by atoms with Crippen molar-refractivity contribution in [3.63, 3.8) is 0 Å². The maximum atomic E-state index is 12.4. The zero-order valence-corrected chi connectivity index (χ0v) is 12.1. The second kappa shape index (κ2) is 6.68. The Bertz CT molecular complexity index is 303. The van der Waals surface area contributed by atoms with Crippen LogP contribution in [0.25, 0.3) is 0 Å². The lowest BCUT2D eigenvalue weighted by atomic mass is 9.83. The Hall–Kier alpha value is -0.650. The Labute approximate surface area is 115 Å². The average Bonchev–Trinajstić information content (AvgIpc) is 2.48. The van der Waals surface area contributed by atoms with Crippen LogP contribution in [0, 0.1) is 0 Å². The number of methoxy groups -OCH3 is 1. The van der Waals surface area contributed by atoms with Crippen molar-refractivity contribution in [2.45, 2.75) is 44.2 Å². The van der Waals surface area contributed by atoms with Gasteiger partial charge in [-0.2, -0.15) is 0 Å². The molecule has 0 radical (unpaired) electrons. The molecule has 2 unspecified atom stereocenters. The number of hydrogen-bond acceptors (Lipinski definition) is 5. The van der Waals surface area contributed by atoms with E-state index in [9.17, 15) is 4.79 Å². The van der Waals surface area contributed by atoms with Gasteiger partial charge in [0.25, 0.3) is 0 Å². The smallest absolute Gasteiger partial charge is 0.326 e. The van der Waals surface area contributed by atoms with Crippen LogP contribution in [0.1, 0.15) is 32.6 Å². The molecule has 0 spiro atoms. The predicted octanol–water partition coefficient (Wildman–Crippen LogP) is 0.783. The van der Waals surface area contributed by atoms with Gasteiger partial charge in [-0.3, -0.25) is 9.69 Å². The molecule has 110 valence electrons. The standard InChI is InChI=1S/C14H26N2O3/c1-3-4-12-11-14(5-10-19-12,13(17)18-2)16-8-6-15-7-9-16/h12,15H,3-11H2,1-2H3. The SMILES string of the molecule is CCCC1CC(C(=O)OC)(N2CCNCC2)CCO1. The molecule has 0 saturated carbocycles. The first-order chi connectivity index (χ1) is 9.23. The van der Waals surface area contributed by atoms with Crippen LogP contribution >= 0.6 is 0 Å². The fourth-order valence-electron chi connectivity index (χ4n) is 3.32. The molecular formula is C14H26N2O3. The molecule has 0 bridgehead atoms. The second-order valence-electron chi connectivity index (χ2n) is 5.50. The van der Waals surface area contributed by atoms with Crippen molar-refractivity contribution in [1.82, 2.24) is 10.2 Å². The first-order valence-corrected chi connectivity index (χ1v) is 7.38. The highest BCUT2D eigenvalue weighted by Crippen LogP contribution is 2.34. The summed E-state index contributed by atoms with van der Waals surface area (Å²) in [5, 5.41) is 3.34. The van der Waals surface area contributed by atoms with Gasteiger partial charge >= 0.3 is 5.97 Å². The highest BCUT2D eigenvalue weighted by Gasteiger charge is 2.48. The van der Waals surface area contributed by atoms with Crippen LogP contribution in [-0.2, 0) is 14.3 Å². The molecule has 2 aliphatic rings. The number of piperazine rings is 1. The van der Waals surface area contributed by atoms with Gasteiger partial charge in [0.15, 0.2) is 0 Å². The van der Waals surface area contributed by atoms with E-state index in [-0.39, 0.29) is 12.1 Å². The van der Waals surface area contributed by atoms with Gasteiger partial charge in [0.1, 0.15) is 5.54 Å². The normalized spacial score (nSPS) is 33.1. The first kappa shape index (κ1) is 14.8. The molecule has 2 fully saturated rings. The molecule has 19 heavy (non-hydrogen) atoms. The molecule has 2 heterocycles. The van der Waals surface area contributed by atoms with Gasteiger partial charge in [0.2, 0.25) is 0 Å². The molecule has 0 aromatic carbocycles. The molecule has 0 aromatic rings. The molecule has 1 N–H and O–H groups in total. The van der Waals surface area contributed by atoms with Crippen LogP contribution in [0.4, 0.5) is 0 Å². The molecular weight excluding hydrogens is 244 g/mol. The first-order valence-electron chi connectivity index (χ1n) is 7.38. The molecule has 5 heteroatoms. The third-order valence-corrected chi connectivity index (χ3v) is 4.33. The molecule has 0 aliphatic carbocycles. The zero-order chi connectivity index (χ0) is 13.7. The summed E-state index contributed by atoms with van der Waals surface area (Å²) in [6, 6.07) is 0. The summed E-state index contributed by atoms with van der Waals surface area (Å²) in [5.41, 5.74) is -0.463. The molecule has 2 rings (SSSR count). The van der Waals surface area contributed by atoms with Crippen LogP contribution in [-0.4, -0.2) is 62.4 Å². The molecule has 5 nitrogen and oxygen atoms in total. The summed E-state index contributed by atoms with van der Waals surface area (Å²) in [6.07, 6.45) is 3.81. The Morgan fingerprint density at radius 3 is 2.84 bits per heavy atom. The third-order valence-electron chi connectivity index (χ3n) is 4.33. The average molecular weight is 270 g/mol. The molecule has 2 saturated heterocycles. The predicted molar refractivity (Wildman–Crippen MR) is 73.1 cm³/mol. The second-order valence-corrected chi connectivity index (χ2v) is 5.50. The maximum Gasteiger partial charge on any atom is 0.326 e. The van der Waals surface area contributed by atoms with E-state index in [1.807, 2.05) is 0 Å². The van der Waals surface area contributed by atoms with E-state index in [0.717, 1.165) is 51.9 Å². The Kier molecular flexibility index (Phi) is 5.19. The number of carbonyl (C=O) groups is 1. The molecule has 2 atom stereocenters. The van der Waals surface area contributed by atoms with E-state index >= 15 is 0 Å². The van der Waals surface area contributed by atoms with Gasteiger partial charge < -0.3 is 14.8 Å². The van der Waals surface area contributed by atoms with Crippen molar-refractivity contribution in [2.75, 3.05) is 39.9 Å². The minimum Gasteiger partial charge on any atom is -0.468 e. The number of esters is 1. The summed E-state index contributed by atoms with van der Waals surface area (Å²) in [4.78, 5) is 14.7. The molecule has 0 aromatic heterocycles. The third kappa shape index (κ3) is 3.09. The van der Waals surface area contributed by atoms with Gasteiger partial charge in [-0.15, -0.1) is 0 Å². The van der Waals surface area contributed by atoms with Crippen LogP contribution in [0.5, 0.6) is 0 Å². The Morgan fingerprint density at radius 1 is 1.47 bits per heavy atom. The summed E-state index contributed by atoms with van der Waals surface area (Å²) < 4.78 is 10.9. The quantitative estimate of drug-likeness (QED) is 0.765. The van der Waals surface area contributed by atoms with Crippen molar-refractivity contribution in [3.05, 3.63) is 0 Å². The monoisotopic (exact) mass is 270 g/mol. The van der Waals surface area contributed by atoms with Gasteiger partial charge in [0.05, 0.1) is 13.2 Å². The number of nitrogens with one attached hydrogen (secondary N) is 1. The van der Waals surface area contributed by atoms with Crippen LogP contribution in [0.3, 0.4) is 0 Å². The van der Waals surface area contributed by atoms with Crippen molar-refractivity contribution >= 4 is 5.97 Å². The van der Waals surface area contributed by atoms with E-state index in [4.69, 9.17) is 9.47 Å². The van der Waals surface area contributed by atoms with Gasteiger partial charge in [-0.1, -0.05) is 13.3 Å². The largest absolute Gasteiger partial charge is 0.468 e. The summed E-state index contributed by atoms with van der Waals surface area (Å²) in [7, 11) is 1.50. The van der Waals surface area contributed by atoms with Crippen molar-refractivity contribution in [3.8, 4) is 0 Å². The minimum absolute atomic E-state index is 0.0844. The lowest BCUT2D eigenvalue weighted by Gasteiger charge is -2.47. The van der Waals surface area contributed by atoms with Gasteiger partial charge in [-0.05, 0) is 12.8 Å². The molecule has 2 aliphatic heterocycles. The summed E-state index contributed by atoms with van der Waals surface area (Å²) in [6.45, 7) is 6.52. The van der Waals surface area contributed by atoms with Crippen LogP contribution in [0.2, 0.25) is 0 Å². The van der Waals surface area contributed by atoms with E-state index in [1.54, 1.807) is 0 Å². The fraction of sp³-hybridized carbons (Fsp3) is 0.929. The number of rotatable bonds is 4.